The molecule has 2 aliphatic carbocycles. The zero-order valence-electron chi connectivity index (χ0n) is 14.9. The Labute approximate surface area is 137 Å². The summed E-state index contributed by atoms with van der Waals surface area (Å²) < 4.78 is 0. The van der Waals surface area contributed by atoms with E-state index in [4.69, 9.17) is 0 Å². The Morgan fingerprint density at radius 1 is 0.909 bits per heavy atom. The Kier molecular flexibility index (Phi) is 7.75. The maximum absolute atomic E-state index is 12.4. The van der Waals surface area contributed by atoms with Crippen molar-refractivity contribution < 1.29 is 4.79 Å². The molecule has 0 aromatic heterocycles. The molecule has 0 aromatic rings. The molecule has 0 spiro atoms. The van der Waals surface area contributed by atoms with Crippen molar-refractivity contribution >= 4 is 5.91 Å². The maximum Gasteiger partial charge on any atom is 0.220 e. The van der Waals surface area contributed by atoms with Gasteiger partial charge in [-0.25, -0.2) is 0 Å². The smallest absolute Gasteiger partial charge is 0.220 e. The van der Waals surface area contributed by atoms with Gasteiger partial charge in [-0.3, -0.25) is 4.79 Å². The third-order valence-electron chi connectivity index (χ3n) is 5.98. The average molecular weight is 308 g/mol. The molecule has 1 amide bonds. The van der Waals surface area contributed by atoms with Gasteiger partial charge in [0.05, 0.1) is 0 Å². The van der Waals surface area contributed by atoms with E-state index in [1.165, 1.54) is 64.2 Å². The zero-order valence-corrected chi connectivity index (χ0v) is 14.9. The lowest BCUT2D eigenvalue weighted by Gasteiger charge is -2.37. The molecule has 0 bridgehead atoms. The molecule has 128 valence electrons. The number of hydrogen-bond donors (Lipinski definition) is 1. The Morgan fingerprint density at radius 2 is 1.41 bits per heavy atom. The highest BCUT2D eigenvalue weighted by Gasteiger charge is 2.32. The van der Waals surface area contributed by atoms with Gasteiger partial charge in [-0.1, -0.05) is 78.1 Å². The molecule has 2 nitrogen and oxygen atoms in total. The van der Waals surface area contributed by atoms with Gasteiger partial charge in [-0.15, -0.1) is 0 Å². The van der Waals surface area contributed by atoms with Crippen LogP contribution in [0.2, 0.25) is 0 Å². The number of nitrogens with one attached hydrogen (secondary N) is 1. The zero-order chi connectivity index (χ0) is 15.8. The fourth-order valence-electron chi connectivity index (χ4n) is 4.63. The molecule has 0 radical (unpaired) electrons. The lowest BCUT2D eigenvalue weighted by Crippen LogP contribution is -2.34. The van der Waals surface area contributed by atoms with Gasteiger partial charge >= 0.3 is 0 Å². The van der Waals surface area contributed by atoms with Crippen LogP contribution in [0.5, 0.6) is 0 Å². The predicted octanol–water partition coefficient (Wildman–Crippen LogP) is 5.32. The molecule has 0 aliphatic heterocycles. The summed E-state index contributed by atoms with van der Waals surface area (Å²) in [5.41, 5.74) is 0. The summed E-state index contributed by atoms with van der Waals surface area (Å²) in [4.78, 5) is 12.4. The molecule has 1 N–H and O–H groups in total. The second-order valence-electron chi connectivity index (χ2n) is 8.20. The van der Waals surface area contributed by atoms with Crippen molar-refractivity contribution in [3.63, 3.8) is 0 Å². The molecule has 0 heterocycles. The Bertz CT molecular complexity index is 296. The van der Waals surface area contributed by atoms with Gasteiger partial charge in [0, 0.05) is 13.0 Å². The molecule has 0 aromatic carbocycles. The summed E-state index contributed by atoms with van der Waals surface area (Å²) in [6.07, 6.45) is 15.8. The third kappa shape index (κ3) is 5.93. The van der Waals surface area contributed by atoms with Gasteiger partial charge in [0.1, 0.15) is 0 Å². The van der Waals surface area contributed by atoms with Crippen LogP contribution in [0.15, 0.2) is 0 Å². The Hall–Kier alpha value is -0.530. The van der Waals surface area contributed by atoms with Gasteiger partial charge < -0.3 is 5.32 Å². The molecule has 2 saturated carbocycles. The van der Waals surface area contributed by atoms with Crippen molar-refractivity contribution in [1.29, 1.82) is 0 Å². The minimum Gasteiger partial charge on any atom is -0.356 e. The Balaban J connectivity index is 1.86. The Morgan fingerprint density at radius 3 is 1.86 bits per heavy atom. The number of carbonyl (C=O) groups excluding carboxylic acids is 1. The molecule has 2 heteroatoms. The van der Waals surface area contributed by atoms with Crippen LogP contribution in [-0.4, -0.2) is 12.5 Å². The van der Waals surface area contributed by atoms with Crippen molar-refractivity contribution in [2.24, 2.45) is 23.7 Å². The van der Waals surface area contributed by atoms with Gasteiger partial charge in [0.25, 0.3) is 0 Å². The van der Waals surface area contributed by atoms with Crippen LogP contribution in [0.3, 0.4) is 0 Å². The molecule has 0 atom stereocenters. The van der Waals surface area contributed by atoms with Crippen LogP contribution < -0.4 is 5.32 Å². The first-order chi connectivity index (χ1) is 10.7. The monoisotopic (exact) mass is 307 g/mol. The van der Waals surface area contributed by atoms with E-state index in [0.29, 0.717) is 17.7 Å². The van der Waals surface area contributed by atoms with Crippen molar-refractivity contribution in [2.75, 3.05) is 6.54 Å². The van der Waals surface area contributed by atoms with Gasteiger partial charge in [0.2, 0.25) is 5.91 Å². The van der Waals surface area contributed by atoms with Crippen LogP contribution >= 0.6 is 0 Å². The van der Waals surface area contributed by atoms with Crippen LogP contribution in [0, 0.1) is 23.7 Å². The summed E-state index contributed by atoms with van der Waals surface area (Å²) in [5.74, 6) is 3.31. The molecular formula is C20H37NO. The normalized spacial score (nSPS) is 21.5. The standard InChI is InChI=1S/C20H37NO/c1-16(2)13-14-21-20(22)15-19(17-9-5-3-6-10-17)18-11-7-4-8-12-18/h16-19H,3-15H2,1-2H3,(H,21,22). The first-order valence-corrected chi connectivity index (χ1v) is 9.93. The first kappa shape index (κ1) is 17.8. The van der Waals surface area contributed by atoms with Crippen LogP contribution in [0.1, 0.15) is 90.9 Å². The summed E-state index contributed by atoms with van der Waals surface area (Å²) in [6.45, 7) is 5.30. The van der Waals surface area contributed by atoms with Crippen LogP contribution in [-0.2, 0) is 4.79 Å². The van der Waals surface area contributed by atoms with E-state index in [1.54, 1.807) is 0 Å². The maximum atomic E-state index is 12.4. The van der Waals surface area contributed by atoms with E-state index in [9.17, 15) is 4.79 Å². The highest BCUT2D eigenvalue weighted by Crippen LogP contribution is 2.41. The molecule has 0 unspecified atom stereocenters. The molecular weight excluding hydrogens is 270 g/mol. The topological polar surface area (TPSA) is 29.1 Å². The summed E-state index contributed by atoms with van der Waals surface area (Å²) in [7, 11) is 0. The molecule has 22 heavy (non-hydrogen) atoms. The number of rotatable bonds is 7. The number of carbonyl (C=O) groups is 1. The quantitative estimate of drug-likeness (QED) is 0.678. The summed E-state index contributed by atoms with van der Waals surface area (Å²) in [5, 5.41) is 3.18. The lowest BCUT2D eigenvalue weighted by molar-refractivity contribution is -0.123. The minimum absolute atomic E-state index is 0.321. The third-order valence-corrected chi connectivity index (χ3v) is 5.98. The summed E-state index contributed by atoms with van der Waals surface area (Å²) in [6, 6.07) is 0. The van der Waals surface area contributed by atoms with Crippen LogP contribution in [0.25, 0.3) is 0 Å². The fourth-order valence-corrected chi connectivity index (χ4v) is 4.63. The lowest BCUT2D eigenvalue weighted by atomic mass is 9.68. The van der Waals surface area contributed by atoms with E-state index in [2.05, 4.69) is 19.2 Å². The fraction of sp³-hybridized carbons (Fsp3) is 0.950. The average Bonchev–Trinajstić information content (AvgIpc) is 2.54. The van der Waals surface area contributed by atoms with E-state index in [-0.39, 0.29) is 0 Å². The predicted molar refractivity (Wildman–Crippen MR) is 93.7 cm³/mol. The number of hydrogen-bond acceptors (Lipinski definition) is 1. The largest absolute Gasteiger partial charge is 0.356 e. The highest BCUT2D eigenvalue weighted by molar-refractivity contribution is 5.76. The first-order valence-electron chi connectivity index (χ1n) is 9.93. The SMILES string of the molecule is CC(C)CCNC(=O)CC(C1CCCCC1)C1CCCCC1. The highest BCUT2D eigenvalue weighted by atomic mass is 16.1. The molecule has 2 aliphatic rings. The van der Waals surface area contributed by atoms with E-state index in [1.807, 2.05) is 0 Å². The summed E-state index contributed by atoms with van der Waals surface area (Å²) >= 11 is 0. The minimum atomic E-state index is 0.321. The molecule has 2 rings (SSSR count). The van der Waals surface area contributed by atoms with Crippen molar-refractivity contribution in [2.45, 2.75) is 90.9 Å². The van der Waals surface area contributed by atoms with E-state index in [0.717, 1.165) is 31.2 Å². The van der Waals surface area contributed by atoms with Gasteiger partial charge in [-0.2, -0.15) is 0 Å². The van der Waals surface area contributed by atoms with E-state index < -0.39 is 0 Å². The van der Waals surface area contributed by atoms with Crippen molar-refractivity contribution in [1.82, 2.24) is 5.32 Å². The molecule has 0 saturated heterocycles. The second-order valence-corrected chi connectivity index (χ2v) is 8.20. The number of amides is 1. The second kappa shape index (κ2) is 9.57. The van der Waals surface area contributed by atoms with Crippen molar-refractivity contribution in [3.05, 3.63) is 0 Å². The van der Waals surface area contributed by atoms with Gasteiger partial charge in [0.15, 0.2) is 0 Å². The van der Waals surface area contributed by atoms with Crippen LogP contribution in [0.4, 0.5) is 0 Å². The van der Waals surface area contributed by atoms with E-state index >= 15 is 0 Å². The van der Waals surface area contributed by atoms with Gasteiger partial charge in [-0.05, 0) is 30.1 Å². The van der Waals surface area contributed by atoms with Crippen molar-refractivity contribution in [3.8, 4) is 0 Å². The molecule has 2 fully saturated rings.